The number of ketones is 2. The summed E-state index contributed by atoms with van der Waals surface area (Å²) in [5.74, 6) is -0.125. The van der Waals surface area contributed by atoms with Crippen molar-refractivity contribution in [2.24, 2.45) is 0 Å². The molecule has 0 spiro atoms. The molecule has 0 aliphatic carbocycles. The molecule has 52 valence electrons. The first-order chi connectivity index (χ1) is 3.13. The molecule has 0 aromatic rings. The Morgan fingerprint density at radius 1 is 1.22 bits per heavy atom. The van der Waals surface area contributed by atoms with E-state index in [2.05, 4.69) is 0 Å². The summed E-state index contributed by atoms with van der Waals surface area (Å²) in [5, 5.41) is 0. The van der Waals surface area contributed by atoms with Gasteiger partial charge in [0.1, 0.15) is 11.6 Å². The Hall–Kier alpha value is 0.871. The molecule has 0 saturated carbocycles. The molecule has 0 atom stereocenters. The number of hydrogen-bond acceptors (Lipinski definition) is 2. The minimum absolute atomic E-state index is 0. The van der Waals surface area contributed by atoms with E-state index in [1.54, 1.807) is 0 Å². The van der Waals surface area contributed by atoms with Gasteiger partial charge in [0.05, 0.1) is 6.42 Å². The van der Waals surface area contributed by atoms with Gasteiger partial charge in [0.2, 0.25) is 0 Å². The quantitative estimate of drug-likeness (QED) is 0.498. The molecule has 0 aromatic carbocycles. The molecule has 0 amide bonds. The van der Waals surface area contributed by atoms with E-state index >= 15 is 0 Å². The minimum Gasteiger partial charge on any atom is -1.00 e. The van der Waals surface area contributed by atoms with Crippen LogP contribution in [0.25, 0.3) is 0 Å². The third kappa shape index (κ3) is 17.7. The topological polar surface area (TPSA) is 65.6 Å². The van der Waals surface area contributed by atoms with E-state index in [9.17, 15) is 9.59 Å². The van der Waals surface area contributed by atoms with Crippen LogP contribution >= 0.6 is 0 Å². The maximum Gasteiger partial charge on any atom is 2.00 e. The molecule has 0 fully saturated rings. The smallest absolute Gasteiger partial charge is 1.00 e. The van der Waals surface area contributed by atoms with Crippen molar-refractivity contribution in [1.82, 2.24) is 0 Å². The Bertz CT molecular complexity index is 95.9. The summed E-state index contributed by atoms with van der Waals surface area (Å²) in [6, 6.07) is 0. The predicted molar refractivity (Wildman–Crippen MR) is 37.6 cm³/mol. The normalized spacial score (nSPS) is 6.44. The van der Waals surface area contributed by atoms with Crippen LogP contribution in [-0.2, 0) is 9.59 Å². The van der Waals surface area contributed by atoms with Gasteiger partial charge in [0.25, 0.3) is 0 Å². The van der Waals surface area contributed by atoms with E-state index < -0.39 is 0 Å². The molecule has 0 heterocycles. The fourth-order valence-corrected chi connectivity index (χ4v) is 0.351. The van der Waals surface area contributed by atoms with Crippen LogP contribution in [-0.4, -0.2) is 65.9 Å². The number of Topliss-reactive ketones (excluding diaryl/α,β-unsaturated/α-hetero) is 2. The second kappa shape index (κ2) is 8.87. The van der Waals surface area contributed by atoms with E-state index in [-0.39, 0.29) is 75.2 Å². The van der Waals surface area contributed by atoms with Gasteiger partial charge in [0, 0.05) is 0 Å². The van der Waals surface area contributed by atoms with Crippen LogP contribution in [0, 0.1) is 0 Å². The Morgan fingerprint density at radius 3 is 1.44 bits per heavy atom. The first-order valence-corrected chi connectivity index (χ1v) is 2.12. The third-order valence-electron chi connectivity index (χ3n) is 0.498. The van der Waals surface area contributed by atoms with Gasteiger partial charge in [-0.2, -0.15) is 0 Å². The third-order valence-corrected chi connectivity index (χ3v) is 0.498. The largest absolute Gasteiger partial charge is 2.00 e. The van der Waals surface area contributed by atoms with Gasteiger partial charge in [-0.15, -0.1) is 0 Å². The average Bonchev–Trinajstić information content (AvgIpc) is 1.27. The van der Waals surface area contributed by atoms with Crippen LogP contribution in [0.15, 0.2) is 0 Å². The second-order valence-corrected chi connectivity index (χ2v) is 1.58. The Balaban J connectivity index is -0.0000000300. The average molecular weight is 257 g/mol. The molecule has 2 N–H and O–H groups in total. The van der Waals surface area contributed by atoms with Crippen molar-refractivity contribution in [3.05, 3.63) is 0 Å². The second-order valence-electron chi connectivity index (χ2n) is 1.58. The monoisotopic (exact) mass is 258 g/mol. The van der Waals surface area contributed by atoms with Gasteiger partial charge in [-0.05, 0) is 13.8 Å². The van der Waals surface area contributed by atoms with Gasteiger partial charge < -0.3 is 8.33 Å². The molecule has 0 rings (SSSR count). The maximum absolute atomic E-state index is 10.0. The first-order valence-electron chi connectivity index (χ1n) is 2.12. The number of carbonyl (C=O) groups excluding carboxylic acids is 2. The van der Waals surface area contributed by atoms with Crippen LogP contribution in [0.2, 0.25) is 0 Å². The first kappa shape index (κ1) is 16.5. The van der Waals surface area contributed by atoms with Crippen molar-refractivity contribution in [3.63, 3.8) is 0 Å². The van der Waals surface area contributed by atoms with Gasteiger partial charge in [-0.25, -0.2) is 0 Å². The molecule has 0 aliphatic rings. The van der Waals surface area contributed by atoms with Crippen molar-refractivity contribution in [3.8, 4) is 0 Å². The predicted octanol–water partition coefficient (Wildman–Crippen LogP) is -0.426. The maximum atomic E-state index is 10.0. The van der Waals surface area contributed by atoms with Crippen molar-refractivity contribution in [1.29, 1.82) is 0 Å². The molecule has 0 saturated heterocycles. The molecule has 0 bridgehead atoms. The van der Waals surface area contributed by atoms with Crippen molar-refractivity contribution in [2.75, 3.05) is 0 Å². The zero-order valence-electron chi connectivity index (χ0n) is 7.73. The SMILES string of the molecule is CC(=O)CC(C)=O.O.[Ba+2].[H-].[H-]. The molecular weight excluding hydrogens is 245 g/mol. The fourth-order valence-electron chi connectivity index (χ4n) is 0.351. The summed E-state index contributed by atoms with van der Waals surface area (Å²) in [6.45, 7) is 2.81. The van der Waals surface area contributed by atoms with E-state index in [1.165, 1.54) is 13.8 Å². The van der Waals surface area contributed by atoms with Crippen LogP contribution in [0.4, 0.5) is 0 Å². The molecule has 0 unspecified atom stereocenters. The summed E-state index contributed by atoms with van der Waals surface area (Å²) in [6.07, 6.45) is 0.0833. The molecule has 3 nitrogen and oxygen atoms in total. The van der Waals surface area contributed by atoms with E-state index in [1.807, 2.05) is 0 Å². The zero-order valence-corrected chi connectivity index (χ0v) is 10.2. The standard InChI is InChI=1S/C5H8O2.Ba.H2O.2H/c1-4(6)3-5(2)7;;;;/h3H2,1-2H3;;1H2;;/q;+2;;2*-1. The number of carbonyl (C=O) groups is 2. The van der Waals surface area contributed by atoms with Gasteiger partial charge >= 0.3 is 48.9 Å². The molecule has 0 radical (unpaired) electrons. The fraction of sp³-hybridized carbons (Fsp3) is 0.600. The van der Waals surface area contributed by atoms with Crippen LogP contribution in [0.5, 0.6) is 0 Å². The summed E-state index contributed by atoms with van der Waals surface area (Å²) >= 11 is 0. The molecule has 9 heavy (non-hydrogen) atoms. The van der Waals surface area contributed by atoms with Crippen molar-refractivity contribution >= 4 is 60.4 Å². The number of hydrogen-bond donors (Lipinski definition) is 0. The summed E-state index contributed by atoms with van der Waals surface area (Å²) in [7, 11) is 0. The van der Waals surface area contributed by atoms with Gasteiger partial charge in [-0.1, -0.05) is 0 Å². The van der Waals surface area contributed by atoms with Gasteiger partial charge in [0.15, 0.2) is 0 Å². The molecular formula is C5H12BaO3. The van der Waals surface area contributed by atoms with E-state index in [4.69, 9.17) is 0 Å². The molecule has 0 aliphatic heterocycles. The Morgan fingerprint density at radius 2 is 1.44 bits per heavy atom. The Kier molecular flexibility index (Phi) is 16.2. The van der Waals surface area contributed by atoms with Crippen LogP contribution in [0.3, 0.4) is 0 Å². The summed E-state index contributed by atoms with van der Waals surface area (Å²) in [4.78, 5) is 20.1. The summed E-state index contributed by atoms with van der Waals surface area (Å²) < 4.78 is 0. The summed E-state index contributed by atoms with van der Waals surface area (Å²) in [5.41, 5.74) is 0. The molecule has 4 heteroatoms. The van der Waals surface area contributed by atoms with Crippen molar-refractivity contribution in [2.45, 2.75) is 20.3 Å². The van der Waals surface area contributed by atoms with Crippen molar-refractivity contribution < 1.29 is 17.9 Å². The zero-order chi connectivity index (χ0) is 5.86. The molecule has 0 aromatic heterocycles. The number of rotatable bonds is 2. The van der Waals surface area contributed by atoms with E-state index in [0.717, 1.165) is 0 Å². The van der Waals surface area contributed by atoms with E-state index in [0.29, 0.717) is 0 Å². The minimum atomic E-state index is -0.0625. The van der Waals surface area contributed by atoms with Crippen LogP contribution in [0.1, 0.15) is 23.1 Å². The van der Waals surface area contributed by atoms with Gasteiger partial charge in [-0.3, -0.25) is 9.59 Å². The Labute approximate surface area is 97.5 Å². The van der Waals surface area contributed by atoms with Crippen LogP contribution < -0.4 is 0 Å².